The summed E-state index contributed by atoms with van der Waals surface area (Å²) in [6.07, 6.45) is 2.05. The van der Waals surface area contributed by atoms with Crippen LogP contribution >= 0.6 is 0 Å². The van der Waals surface area contributed by atoms with Gasteiger partial charge in [0.2, 0.25) is 0 Å². The summed E-state index contributed by atoms with van der Waals surface area (Å²) in [4.78, 5) is 12.5. The van der Waals surface area contributed by atoms with Gasteiger partial charge in [-0.05, 0) is 25.0 Å². The van der Waals surface area contributed by atoms with E-state index in [0.717, 1.165) is 28.7 Å². The second-order valence-electron chi connectivity index (χ2n) is 5.41. The normalized spacial score (nSPS) is 18.1. The smallest absolute Gasteiger partial charge is 0.192 e. The molecule has 18 heavy (non-hydrogen) atoms. The summed E-state index contributed by atoms with van der Waals surface area (Å²) < 4.78 is 2.25. The van der Waals surface area contributed by atoms with Crippen molar-refractivity contribution in [3.05, 3.63) is 40.2 Å². The summed E-state index contributed by atoms with van der Waals surface area (Å²) in [5.41, 5.74) is 3.20. The van der Waals surface area contributed by atoms with Crippen LogP contribution in [0.4, 0.5) is 5.69 Å². The second kappa shape index (κ2) is 3.87. The third kappa shape index (κ3) is 1.47. The van der Waals surface area contributed by atoms with E-state index >= 15 is 0 Å². The first-order chi connectivity index (χ1) is 8.59. The van der Waals surface area contributed by atoms with Crippen LogP contribution in [-0.4, -0.2) is 11.1 Å². The van der Waals surface area contributed by atoms with E-state index in [9.17, 15) is 4.79 Å². The molecule has 0 spiro atoms. The highest BCUT2D eigenvalue weighted by molar-refractivity contribution is 5.92. The molecule has 3 heteroatoms. The van der Waals surface area contributed by atoms with Crippen LogP contribution in [0.15, 0.2) is 29.2 Å². The molecule has 2 aromatic rings. The van der Waals surface area contributed by atoms with Gasteiger partial charge < -0.3 is 9.88 Å². The fourth-order valence-corrected chi connectivity index (χ4v) is 2.69. The van der Waals surface area contributed by atoms with Crippen molar-refractivity contribution in [1.82, 2.24) is 4.57 Å². The number of hydrogen-bond acceptors (Lipinski definition) is 2. The lowest BCUT2D eigenvalue weighted by Gasteiger charge is -2.28. The van der Waals surface area contributed by atoms with Crippen molar-refractivity contribution in [1.29, 1.82) is 0 Å². The van der Waals surface area contributed by atoms with Gasteiger partial charge in [-0.1, -0.05) is 19.9 Å². The average Bonchev–Trinajstić information content (AvgIpc) is 2.35. The van der Waals surface area contributed by atoms with E-state index in [1.165, 1.54) is 0 Å². The number of rotatable bonds is 1. The molecular formula is C15H18N2O. The minimum Gasteiger partial charge on any atom is -0.381 e. The molecular weight excluding hydrogens is 224 g/mol. The maximum atomic E-state index is 12.5. The summed E-state index contributed by atoms with van der Waals surface area (Å²) >= 11 is 0. The molecule has 0 aliphatic carbocycles. The first-order valence-electron chi connectivity index (χ1n) is 6.51. The molecule has 1 N–H and O–H groups in total. The van der Waals surface area contributed by atoms with Gasteiger partial charge in [-0.15, -0.1) is 0 Å². The zero-order valence-electron chi connectivity index (χ0n) is 11.0. The summed E-state index contributed by atoms with van der Waals surface area (Å²) in [7, 11) is 0. The first kappa shape index (κ1) is 11.3. The molecule has 3 rings (SSSR count). The molecule has 0 fully saturated rings. The van der Waals surface area contributed by atoms with E-state index in [4.69, 9.17) is 0 Å². The molecule has 1 atom stereocenters. The van der Waals surface area contributed by atoms with Crippen molar-refractivity contribution in [3.63, 3.8) is 0 Å². The van der Waals surface area contributed by atoms with Gasteiger partial charge in [-0.2, -0.15) is 0 Å². The maximum Gasteiger partial charge on any atom is 0.192 e. The Kier molecular flexibility index (Phi) is 2.44. The van der Waals surface area contributed by atoms with Crippen molar-refractivity contribution < 1.29 is 0 Å². The molecule has 1 aromatic heterocycles. The second-order valence-corrected chi connectivity index (χ2v) is 5.41. The van der Waals surface area contributed by atoms with Crippen molar-refractivity contribution in [2.24, 2.45) is 0 Å². The Morgan fingerprint density at radius 3 is 2.89 bits per heavy atom. The Bertz CT molecular complexity index is 670. The Morgan fingerprint density at radius 2 is 2.17 bits per heavy atom. The zero-order chi connectivity index (χ0) is 12.9. The number of benzene rings is 1. The minimum atomic E-state index is 0.175. The fourth-order valence-electron chi connectivity index (χ4n) is 2.69. The van der Waals surface area contributed by atoms with E-state index < -0.39 is 0 Å². The van der Waals surface area contributed by atoms with Crippen LogP contribution in [0.25, 0.3) is 10.9 Å². The van der Waals surface area contributed by atoms with Crippen LogP contribution in [0.2, 0.25) is 0 Å². The summed E-state index contributed by atoms with van der Waals surface area (Å²) in [6.45, 7) is 7.24. The average molecular weight is 242 g/mol. The molecule has 1 aliphatic heterocycles. The van der Waals surface area contributed by atoms with E-state index in [2.05, 4.69) is 30.7 Å². The number of para-hydroxylation sites is 1. The quantitative estimate of drug-likeness (QED) is 0.833. The van der Waals surface area contributed by atoms with Crippen molar-refractivity contribution in [2.75, 3.05) is 11.9 Å². The molecule has 3 nitrogen and oxygen atoms in total. The standard InChI is InChI=1S/C15H18N2O/c1-9(2)12-8-17-10(3)7-16-13-6-4-5-11(14(13)17)15(12)18/h4-6,8-10,16H,7H2,1-3H3. The Morgan fingerprint density at radius 1 is 1.39 bits per heavy atom. The molecule has 0 radical (unpaired) electrons. The minimum absolute atomic E-state index is 0.175. The molecule has 0 amide bonds. The van der Waals surface area contributed by atoms with Gasteiger partial charge in [0.05, 0.1) is 11.2 Å². The van der Waals surface area contributed by atoms with Gasteiger partial charge in [0.25, 0.3) is 0 Å². The SMILES string of the molecule is CC(C)c1cn2c3c(cccc3c1=O)NCC2C. The van der Waals surface area contributed by atoms with Crippen LogP contribution in [0, 0.1) is 0 Å². The molecule has 0 bridgehead atoms. The van der Waals surface area contributed by atoms with Crippen LogP contribution in [0.5, 0.6) is 0 Å². The number of pyridine rings is 1. The van der Waals surface area contributed by atoms with Crippen LogP contribution < -0.4 is 10.7 Å². The lowest BCUT2D eigenvalue weighted by atomic mass is 10.00. The Labute approximate surface area is 106 Å². The van der Waals surface area contributed by atoms with E-state index in [1.807, 2.05) is 24.4 Å². The van der Waals surface area contributed by atoms with Gasteiger partial charge in [-0.3, -0.25) is 4.79 Å². The summed E-state index contributed by atoms with van der Waals surface area (Å²) in [5.74, 6) is 0.261. The lowest BCUT2D eigenvalue weighted by Crippen LogP contribution is -2.26. The van der Waals surface area contributed by atoms with Crippen LogP contribution in [0.1, 0.15) is 38.3 Å². The highest BCUT2D eigenvalue weighted by Crippen LogP contribution is 2.30. The van der Waals surface area contributed by atoms with Crippen LogP contribution in [0.3, 0.4) is 0 Å². The third-order valence-corrected chi connectivity index (χ3v) is 3.76. The highest BCUT2D eigenvalue weighted by atomic mass is 16.1. The van der Waals surface area contributed by atoms with Gasteiger partial charge in [0.15, 0.2) is 5.43 Å². The maximum absolute atomic E-state index is 12.5. The molecule has 94 valence electrons. The number of nitrogens with one attached hydrogen (secondary N) is 1. The van der Waals surface area contributed by atoms with Crippen molar-refractivity contribution in [3.8, 4) is 0 Å². The third-order valence-electron chi connectivity index (χ3n) is 3.76. The molecule has 2 heterocycles. The number of aromatic nitrogens is 1. The highest BCUT2D eigenvalue weighted by Gasteiger charge is 2.20. The largest absolute Gasteiger partial charge is 0.381 e. The molecule has 1 aromatic carbocycles. The Hall–Kier alpha value is -1.77. The van der Waals surface area contributed by atoms with E-state index in [0.29, 0.717) is 6.04 Å². The lowest BCUT2D eigenvalue weighted by molar-refractivity contribution is 0.572. The predicted molar refractivity (Wildman–Crippen MR) is 75.5 cm³/mol. The van der Waals surface area contributed by atoms with E-state index in [-0.39, 0.29) is 11.3 Å². The molecule has 1 unspecified atom stereocenters. The van der Waals surface area contributed by atoms with Crippen molar-refractivity contribution >= 4 is 16.6 Å². The Balaban J connectivity index is 2.48. The topological polar surface area (TPSA) is 34.0 Å². The monoisotopic (exact) mass is 242 g/mol. The van der Waals surface area contributed by atoms with Crippen molar-refractivity contribution in [2.45, 2.75) is 32.7 Å². The number of anilines is 1. The number of nitrogens with zero attached hydrogens (tertiary/aromatic N) is 1. The van der Waals surface area contributed by atoms with Crippen LogP contribution in [-0.2, 0) is 0 Å². The van der Waals surface area contributed by atoms with Gasteiger partial charge in [0.1, 0.15) is 0 Å². The number of hydrogen-bond donors (Lipinski definition) is 1. The van der Waals surface area contributed by atoms with Gasteiger partial charge >= 0.3 is 0 Å². The van der Waals surface area contributed by atoms with E-state index in [1.54, 1.807) is 0 Å². The summed E-state index contributed by atoms with van der Waals surface area (Å²) in [6, 6.07) is 6.30. The molecule has 1 aliphatic rings. The summed E-state index contributed by atoms with van der Waals surface area (Å²) in [5, 5.41) is 4.22. The van der Waals surface area contributed by atoms with Gasteiger partial charge in [0, 0.05) is 29.7 Å². The zero-order valence-corrected chi connectivity index (χ0v) is 11.0. The fraction of sp³-hybridized carbons (Fsp3) is 0.400. The first-order valence-corrected chi connectivity index (χ1v) is 6.51. The molecule has 0 saturated carbocycles. The van der Waals surface area contributed by atoms with Gasteiger partial charge in [-0.25, -0.2) is 0 Å². The predicted octanol–water partition coefficient (Wildman–Crippen LogP) is 3.11. The molecule has 0 saturated heterocycles.